The van der Waals surface area contributed by atoms with Gasteiger partial charge in [-0.3, -0.25) is 14.3 Å². The summed E-state index contributed by atoms with van der Waals surface area (Å²) in [6.07, 6.45) is 2.03. The van der Waals surface area contributed by atoms with Crippen LogP contribution in [0, 0.1) is 0 Å². The molecule has 104 valence electrons. The number of carbonyl (C=O) groups excluding carboxylic acids is 1. The Kier molecular flexibility index (Phi) is 3.14. The van der Waals surface area contributed by atoms with Crippen LogP contribution in [0.15, 0.2) is 24.3 Å². The number of carboxylic acids is 1. The smallest absolute Gasteiger partial charge is 0.325 e. The summed E-state index contributed by atoms with van der Waals surface area (Å²) in [5.74, 6) is -1.08. The first-order chi connectivity index (χ1) is 9.66. The van der Waals surface area contributed by atoms with E-state index in [1.165, 1.54) is 4.68 Å². The second-order valence-corrected chi connectivity index (χ2v) is 4.92. The highest BCUT2D eigenvalue weighted by Gasteiger charge is 2.24. The number of fused-ring (bicyclic) bond motifs is 1. The first kappa shape index (κ1) is 12.7. The number of aromatic nitrogens is 2. The third kappa shape index (κ3) is 2.13. The maximum atomic E-state index is 12.5. The molecule has 0 bridgehead atoms. The lowest BCUT2D eigenvalue weighted by Gasteiger charge is -2.13. The minimum atomic E-state index is -0.974. The van der Waals surface area contributed by atoms with Crippen molar-refractivity contribution in [2.24, 2.45) is 0 Å². The fourth-order valence-corrected chi connectivity index (χ4v) is 2.60. The molecule has 2 heterocycles. The van der Waals surface area contributed by atoms with Crippen molar-refractivity contribution in [2.75, 3.05) is 13.1 Å². The quantitative estimate of drug-likeness (QED) is 0.916. The lowest BCUT2D eigenvalue weighted by molar-refractivity contribution is -0.137. The second kappa shape index (κ2) is 4.96. The predicted octanol–water partition coefficient (Wildman–Crippen LogP) is 1.36. The van der Waals surface area contributed by atoms with Crippen LogP contribution in [0.3, 0.4) is 0 Å². The van der Waals surface area contributed by atoms with E-state index in [0.717, 1.165) is 25.9 Å². The highest BCUT2D eigenvalue weighted by Crippen LogP contribution is 2.21. The molecule has 1 fully saturated rings. The Hall–Kier alpha value is -2.37. The number of likely N-dealkylation sites (tertiary alicyclic amines) is 1. The van der Waals surface area contributed by atoms with Crippen LogP contribution in [0.5, 0.6) is 0 Å². The first-order valence-corrected chi connectivity index (χ1v) is 6.63. The fraction of sp³-hybridized carbons (Fsp3) is 0.357. The Morgan fingerprint density at radius 1 is 1.20 bits per heavy atom. The van der Waals surface area contributed by atoms with Crippen LogP contribution in [-0.2, 0) is 11.3 Å². The summed E-state index contributed by atoms with van der Waals surface area (Å²) in [4.78, 5) is 25.1. The van der Waals surface area contributed by atoms with E-state index in [1.807, 2.05) is 18.2 Å². The van der Waals surface area contributed by atoms with Gasteiger partial charge in [0.1, 0.15) is 6.54 Å². The van der Waals surface area contributed by atoms with Gasteiger partial charge in [-0.15, -0.1) is 0 Å². The maximum Gasteiger partial charge on any atom is 0.325 e. The van der Waals surface area contributed by atoms with Crippen molar-refractivity contribution >= 4 is 22.8 Å². The maximum absolute atomic E-state index is 12.5. The number of carboxylic acid groups (broad SMARTS) is 1. The van der Waals surface area contributed by atoms with Crippen LogP contribution in [0.4, 0.5) is 0 Å². The molecule has 20 heavy (non-hydrogen) atoms. The Morgan fingerprint density at radius 3 is 2.60 bits per heavy atom. The van der Waals surface area contributed by atoms with Gasteiger partial charge in [0, 0.05) is 18.5 Å². The summed E-state index contributed by atoms with van der Waals surface area (Å²) in [6, 6.07) is 7.23. The molecule has 0 saturated carbocycles. The summed E-state index contributed by atoms with van der Waals surface area (Å²) in [5.41, 5.74) is 1.03. The van der Waals surface area contributed by atoms with Crippen LogP contribution >= 0.6 is 0 Å². The van der Waals surface area contributed by atoms with Gasteiger partial charge in [-0.25, -0.2) is 0 Å². The molecule has 1 saturated heterocycles. The summed E-state index contributed by atoms with van der Waals surface area (Å²) in [7, 11) is 0. The average Bonchev–Trinajstić information content (AvgIpc) is 3.06. The number of rotatable bonds is 3. The third-order valence-corrected chi connectivity index (χ3v) is 3.54. The highest BCUT2D eigenvalue weighted by atomic mass is 16.4. The summed E-state index contributed by atoms with van der Waals surface area (Å²) in [5, 5.41) is 13.9. The van der Waals surface area contributed by atoms with Crippen molar-refractivity contribution in [3.8, 4) is 0 Å². The topological polar surface area (TPSA) is 75.4 Å². The van der Waals surface area contributed by atoms with Gasteiger partial charge in [-0.05, 0) is 18.9 Å². The van der Waals surface area contributed by atoms with Gasteiger partial charge < -0.3 is 10.0 Å². The number of benzene rings is 1. The van der Waals surface area contributed by atoms with E-state index in [1.54, 1.807) is 11.0 Å². The zero-order chi connectivity index (χ0) is 14.1. The monoisotopic (exact) mass is 273 g/mol. The molecule has 1 aromatic heterocycles. The molecule has 6 nitrogen and oxygen atoms in total. The van der Waals surface area contributed by atoms with E-state index in [2.05, 4.69) is 5.10 Å². The normalized spacial score (nSPS) is 14.9. The molecule has 1 N–H and O–H groups in total. The zero-order valence-electron chi connectivity index (χ0n) is 11.0. The minimum absolute atomic E-state index is 0.108. The Morgan fingerprint density at radius 2 is 1.90 bits per heavy atom. The zero-order valence-corrected chi connectivity index (χ0v) is 11.0. The van der Waals surface area contributed by atoms with E-state index >= 15 is 0 Å². The van der Waals surface area contributed by atoms with Crippen molar-refractivity contribution in [1.29, 1.82) is 0 Å². The molecular weight excluding hydrogens is 258 g/mol. The number of hydrogen-bond donors (Lipinski definition) is 1. The number of aliphatic carboxylic acids is 1. The Labute approximate surface area is 115 Å². The van der Waals surface area contributed by atoms with Crippen molar-refractivity contribution in [3.63, 3.8) is 0 Å². The summed E-state index contributed by atoms with van der Waals surface area (Å²) < 4.78 is 1.38. The second-order valence-electron chi connectivity index (χ2n) is 4.92. The number of para-hydroxylation sites is 1. The standard InChI is InChI=1S/C14H15N3O3/c18-12(19)9-17-11-6-2-1-5-10(11)13(15-17)14(20)16-7-3-4-8-16/h1-2,5-6H,3-4,7-9H2,(H,18,19). The summed E-state index contributed by atoms with van der Waals surface area (Å²) in [6.45, 7) is 1.26. The van der Waals surface area contributed by atoms with Gasteiger partial charge in [0.05, 0.1) is 5.52 Å². The van der Waals surface area contributed by atoms with E-state index in [9.17, 15) is 9.59 Å². The van der Waals surface area contributed by atoms with E-state index < -0.39 is 5.97 Å². The number of carbonyl (C=O) groups is 2. The molecule has 1 aliphatic rings. The Bertz CT molecular complexity index is 671. The van der Waals surface area contributed by atoms with Gasteiger partial charge >= 0.3 is 5.97 Å². The average molecular weight is 273 g/mol. The van der Waals surface area contributed by atoms with Crippen LogP contribution in [0.2, 0.25) is 0 Å². The molecular formula is C14H15N3O3. The molecule has 0 unspecified atom stereocenters. The van der Waals surface area contributed by atoms with Crippen LogP contribution in [-0.4, -0.2) is 44.8 Å². The van der Waals surface area contributed by atoms with E-state index in [0.29, 0.717) is 16.6 Å². The molecule has 0 radical (unpaired) electrons. The summed E-state index contributed by atoms with van der Waals surface area (Å²) >= 11 is 0. The molecule has 1 aromatic carbocycles. The largest absolute Gasteiger partial charge is 0.480 e. The van der Waals surface area contributed by atoms with Gasteiger partial charge in [-0.2, -0.15) is 5.10 Å². The van der Waals surface area contributed by atoms with Crippen molar-refractivity contribution < 1.29 is 14.7 Å². The van der Waals surface area contributed by atoms with Crippen LogP contribution < -0.4 is 0 Å². The SMILES string of the molecule is O=C(O)Cn1nc(C(=O)N2CCCC2)c2ccccc21. The van der Waals surface area contributed by atoms with E-state index in [4.69, 9.17) is 5.11 Å². The highest BCUT2D eigenvalue weighted by molar-refractivity contribution is 6.05. The fourth-order valence-electron chi connectivity index (χ4n) is 2.60. The molecule has 3 rings (SSSR count). The molecule has 0 spiro atoms. The van der Waals surface area contributed by atoms with Crippen molar-refractivity contribution in [2.45, 2.75) is 19.4 Å². The molecule has 0 atom stereocenters. The number of amides is 1. The lowest BCUT2D eigenvalue weighted by Crippen LogP contribution is -2.28. The van der Waals surface area contributed by atoms with Gasteiger partial charge in [-0.1, -0.05) is 18.2 Å². The lowest BCUT2D eigenvalue weighted by atomic mass is 10.2. The molecule has 2 aromatic rings. The number of hydrogen-bond acceptors (Lipinski definition) is 3. The first-order valence-electron chi connectivity index (χ1n) is 6.63. The van der Waals surface area contributed by atoms with Crippen LogP contribution in [0.1, 0.15) is 23.3 Å². The third-order valence-electron chi connectivity index (χ3n) is 3.54. The van der Waals surface area contributed by atoms with Crippen molar-refractivity contribution in [3.05, 3.63) is 30.0 Å². The van der Waals surface area contributed by atoms with Gasteiger partial charge in [0.2, 0.25) is 0 Å². The molecule has 1 aliphatic heterocycles. The molecule has 6 heteroatoms. The van der Waals surface area contributed by atoms with E-state index in [-0.39, 0.29) is 12.5 Å². The van der Waals surface area contributed by atoms with Crippen molar-refractivity contribution in [1.82, 2.24) is 14.7 Å². The molecule has 1 amide bonds. The van der Waals surface area contributed by atoms with Gasteiger partial charge in [0.15, 0.2) is 5.69 Å². The Balaban J connectivity index is 2.06. The number of nitrogens with zero attached hydrogens (tertiary/aromatic N) is 3. The van der Waals surface area contributed by atoms with Gasteiger partial charge in [0.25, 0.3) is 5.91 Å². The predicted molar refractivity (Wildman–Crippen MR) is 72.5 cm³/mol. The minimum Gasteiger partial charge on any atom is -0.480 e. The van der Waals surface area contributed by atoms with Crippen LogP contribution in [0.25, 0.3) is 10.9 Å². The molecule has 0 aliphatic carbocycles.